The van der Waals surface area contributed by atoms with Gasteiger partial charge in [0.05, 0.1) is 25.3 Å². The number of nitrogens with zero attached hydrogens (tertiary/aromatic N) is 1. The molecule has 2 aromatic carbocycles. The van der Waals surface area contributed by atoms with E-state index >= 15 is 0 Å². The fourth-order valence-corrected chi connectivity index (χ4v) is 2.64. The molecule has 2 aromatic rings. The lowest BCUT2D eigenvalue weighted by molar-refractivity contribution is -0.355. The van der Waals surface area contributed by atoms with Crippen molar-refractivity contribution in [3.8, 4) is 11.5 Å². The number of methoxy groups -OCH3 is 2. The maximum absolute atomic E-state index is 12.8. The predicted molar refractivity (Wildman–Crippen MR) is 82.7 cm³/mol. The molecule has 0 fully saturated rings. The zero-order valence-corrected chi connectivity index (χ0v) is 13.2. The Hall–Kier alpha value is -3.03. The second-order valence-corrected chi connectivity index (χ2v) is 5.27. The molecule has 8 heteroatoms. The minimum Gasteiger partial charge on any atom is -0.618 e. The van der Waals surface area contributed by atoms with Gasteiger partial charge in [0, 0.05) is 6.07 Å². The summed E-state index contributed by atoms with van der Waals surface area (Å²) in [5.41, 5.74) is -1.44. The van der Waals surface area contributed by atoms with Gasteiger partial charge in [-0.1, -0.05) is 0 Å². The molecule has 0 saturated carbocycles. The minimum atomic E-state index is -4.61. The number of halogens is 3. The van der Waals surface area contributed by atoms with E-state index in [-0.39, 0.29) is 27.3 Å². The number of rotatable bonds is 3. The highest BCUT2D eigenvalue weighted by Gasteiger charge is 2.40. The van der Waals surface area contributed by atoms with Crippen LogP contribution in [-0.4, -0.2) is 30.5 Å². The predicted octanol–water partition coefficient (Wildman–Crippen LogP) is 3.55. The van der Waals surface area contributed by atoms with Crippen molar-refractivity contribution in [3.05, 3.63) is 58.3 Å². The second-order valence-electron chi connectivity index (χ2n) is 5.27. The summed E-state index contributed by atoms with van der Waals surface area (Å²) in [5, 5.41) is 12.5. The Kier molecular flexibility index (Phi) is 3.90. The number of alkyl halides is 3. The maximum Gasteiger partial charge on any atom is 0.416 e. The molecule has 0 atom stereocenters. The van der Waals surface area contributed by atoms with Gasteiger partial charge in [-0.05, 0) is 30.3 Å². The molecule has 0 saturated heterocycles. The van der Waals surface area contributed by atoms with Crippen molar-refractivity contribution >= 4 is 17.2 Å². The second kappa shape index (κ2) is 5.80. The van der Waals surface area contributed by atoms with Crippen LogP contribution in [0.4, 0.5) is 18.9 Å². The van der Waals surface area contributed by atoms with E-state index in [2.05, 4.69) is 0 Å². The van der Waals surface area contributed by atoms with Crippen LogP contribution < -0.4 is 9.47 Å². The van der Waals surface area contributed by atoms with Crippen molar-refractivity contribution < 1.29 is 32.2 Å². The summed E-state index contributed by atoms with van der Waals surface area (Å²) in [5.74, 6) is 0.0400. The number of carbonyl (C=O) groups excluding carboxylic acids is 1. The number of ether oxygens (including phenoxy) is 2. The van der Waals surface area contributed by atoms with E-state index in [0.29, 0.717) is 17.6 Å². The number of benzene rings is 2. The third kappa shape index (κ3) is 2.69. The van der Waals surface area contributed by atoms with Crippen LogP contribution in [0.5, 0.6) is 11.5 Å². The Morgan fingerprint density at radius 2 is 1.68 bits per heavy atom. The fraction of sp³-hybridized carbons (Fsp3) is 0.176. The summed E-state index contributed by atoms with van der Waals surface area (Å²) in [6.45, 7) is 0. The Morgan fingerprint density at radius 3 is 2.28 bits per heavy atom. The third-order valence-electron chi connectivity index (χ3n) is 3.86. The highest BCUT2D eigenvalue weighted by Crippen LogP contribution is 2.37. The first kappa shape index (κ1) is 16.8. The molecule has 0 unspecified atom stereocenters. The van der Waals surface area contributed by atoms with Crippen LogP contribution in [0.2, 0.25) is 0 Å². The quantitative estimate of drug-likeness (QED) is 0.627. The van der Waals surface area contributed by atoms with Crippen molar-refractivity contribution in [1.29, 1.82) is 0 Å². The summed E-state index contributed by atoms with van der Waals surface area (Å²) in [6.07, 6.45) is -4.61. The Bertz CT molecular complexity index is 903. The monoisotopic (exact) mass is 351 g/mol. The van der Waals surface area contributed by atoms with Gasteiger partial charge in [-0.15, -0.1) is 0 Å². The van der Waals surface area contributed by atoms with Crippen LogP contribution in [0.1, 0.15) is 21.5 Å². The van der Waals surface area contributed by atoms with Crippen LogP contribution in [0.3, 0.4) is 0 Å². The molecule has 3 rings (SSSR count). The van der Waals surface area contributed by atoms with E-state index in [1.165, 1.54) is 32.4 Å². The normalized spacial score (nSPS) is 13.9. The summed E-state index contributed by atoms with van der Waals surface area (Å²) in [7, 11) is 2.82. The molecule has 5 nitrogen and oxygen atoms in total. The van der Waals surface area contributed by atoms with Crippen LogP contribution in [0.15, 0.2) is 36.4 Å². The topological polar surface area (TPSA) is 61.6 Å². The average Bonchev–Trinajstić information content (AvgIpc) is 2.84. The summed E-state index contributed by atoms with van der Waals surface area (Å²) >= 11 is 0. The SMILES string of the molecule is COc1ccc(C2=[N+]([O-])c3cc(C(F)(F)F)ccc3C2=O)cc1OC. The lowest BCUT2D eigenvalue weighted by atomic mass is 10.0. The number of hydrogen-bond acceptors (Lipinski definition) is 4. The van der Waals surface area contributed by atoms with Crippen molar-refractivity contribution in [2.45, 2.75) is 6.18 Å². The lowest BCUT2D eigenvalue weighted by Gasteiger charge is -2.09. The molecule has 1 heterocycles. The van der Waals surface area contributed by atoms with E-state index < -0.39 is 17.5 Å². The fourth-order valence-electron chi connectivity index (χ4n) is 2.64. The molecule has 1 aliphatic rings. The van der Waals surface area contributed by atoms with E-state index in [4.69, 9.17) is 9.47 Å². The average molecular weight is 351 g/mol. The van der Waals surface area contributed by atoms with Gasteiger partial charge in [-0.2, -0.15) is 17.9 Å². The van der Waals surface area contributed by atoms with Crippen LogP contribution in [0, 0.1) is 5.21 Å². The maximum atomic E-state index is 12.8. The van der Waals surface area contributed by atoms with Gasteiger partial charge < -0.3 is 14.7 Å². The molecular weight excluding hydrogens is 339 g/mol. The molecule has 0 spiro atoms. The van der Waals surface area contributed by atoms with E-state index in [9.17, 15) is 23.2 Å². The van der Waals surface area contributed by atoms with Gasteiger partial charge in [0.2, 0.25) is 5.69 Å². The van der Waals surface area contributed by atoms with Crippen molar-refractivity contribution in [2.75, 3.05) is 14.2 Å². The van der Waals surface area contributed by atoms with Gasteiger partial charge in [0.25, 0.3) is 11.5 Å². The summed E-state index contributed by atoms with van der Waals surface area (Å²) < 4.78 is 49.0. The molecule has 0 N–H and O–H groups in total. The smallest absolute Gasteiger partial charge is 0.416 e. The van der Waals surface area contributed by atoms with Gasteiger partial charge >= 0.3 is 6.18 Å². The highest BCUT2D eigenvalue weighted by atomic mass is 19.4. The molecule has 0 aliphatic carbocycles. The number of fused-ring (bicyclic) bond motifs is 1. The van der Waals surface area contributed by atoms with Gasteiger partial charge in [-0.3, -0.25) is 4.79 Å². The third-order valence-corrected chi connectivity index (χ3v) is 3.86. The number of ketones is 1. The molecule has 25 heavy (non-hydrogen) atoms. The van der Waals surface area contributed by atoms with Gasteiger partial charge in [0.15, 0.2) is 11.5 Å². The molecule has 130 valence electrons. The summed E-state index contributed by atoms with van der Waals surface area (Å²) in [4.78, 5) is 12.5. The zero-order valence-electron chi connectivity index (χ0n) is 13.2. The first-order valence-electron chi connectivity index (χ1n) is 7.10. The Balaban J connectivity index is 2.14. The Labute approximate surface area is 140 Å². The van der Waals surface area contributed by atoms with Crippen LogP contribution in [-0.2, 0) is 6.18 Å². The largest absolute Gasteiger partial charge is 0.618 e. The first-order valence-corrected chi connectivity index (χ1v) is 7.10. The van der Waals surface area contributed by atoms with E-state index in [1.54, 1.807) is 0 Å². The zero-order chi connectivity index (χ0) is 18.4. The lowest BCUT2D eigenvalue weighted by Crippen LogP contribution is -2.16. The van der Waals surface area contributed by atoms with Gasteiger partial charge in [-0.25, -0.2) is 0 Å². The van der Waals surface area contributed by atoms with Crippen LogP contribution in [0.25, 0.3) is 0 Å². The molecule has 0 bridgehead atoms. The first-order chi connectivity index (χ1) is 11.8. The van der Waals surface area contributed by atoms with E-state index in [1.807, 2.05) is 0 Å². The van der Waals surface area contributed by atoms with Crippen molar-refractivity contribution in [1.82, 2.24) is 0 Å². The highest BCUT2D eigenvalue weighted by molar-refractivity contribution is 6.52. The van der Waals surface area contributed by atoms with Crippen LogP contribution >= 0.6 is 0 Å². The van der Waals surface area contributed by atoms with Crippen molar-refractivity contribution in [3.63, 3.8) is 0 Å². The molecule has 1 aliphatic heterocycles. The molecule has 0 radical (unpaired) electrons. The number of carbonyl (C=O) groups is 1. The minimum absolute atomic E-state index is 0.0761. The van der Waals surface area contributed by atoms with Gasteiger partial charge in [0.1, 0.15) is 5.56 Å². The molecule has 0 aromatic heterocycles. The number of Topliss-reactive ketones (excluding diaryl/α,β-unsaturated/α-hetero) is 1. The molecule has 0 amide bonds. The number of hydrogen-bond donors (Lipinski definition) is 0. The summed E-state index contributed by atoms with van der Waals surface area (Å²) in [6, 6.07) is 6.87. The van der Waals surface area contributed by atoms with Crippen molar-refractivity contribution in [2.24, 2.45) is 0 Å². The van der Waals surface area contributed by atoms with E-state index in [0.717, 1.165) is 12.1 Å². The standard InChI is InChI=1S/C17H12F3NO4/c1-24-13-6-3-9(7-14(13)25-2)15-16(22)11-5-4-10(17(18,19)20)8-12(11)21(15)23/h3-8H,1-2H3. The Morgan fingerprint density at radius 1 is 1.00 bits per heavy atom. The molecular formula is C17H12F3NO4.